The highest BCUT2D eigenvalue weighted by molar-refractivity contribution is 7.17. The van der Waals surface area contributed by atoms with Gasteiger partial charge in [-0.15, -0.1) is 11.3 Å². The summed E-state index contributed by atoms with van der Waals surface area (Å²) in [5.74, 6) is 0. The topological polar surface area (TPSA) is 26.7 Å². The number of aliphatic hydroxyl groups excluding tert-OH is 1. The molecule has 4 heterocycles. The predicted molar refractivity (Wildman–Crippen MR) is 140 cm³/mol. The lowest BCUT2D eigenvalue weighted by atomic mass is 9.95. The van der Waals surface area contributed by atoms with Gasteiger partial charge in [0, 0.05) is 42.1 Å². The molecule has 3 aliphatic heterocycles. The number of piperazine rings is 1. The smallest absolute Gasteiger partial charge is 0.0816 e. The van der Waals surface area contributed by atoms with E-state index in [2.05, 4.69) is 94.1 Å². The second-order valence-corrected chi connectivity index (χ2v) is 10.3. The number of hydrogen-bond acceptors (Lipinski definition) is 4. The molecule has 1 N–H and O–H groups in total. The van der Waals surface area contributed by atoms with Crippen molar-refractivity contribution >= 4 is 37.9 Å². The molecule has 0 spiro atoms. The van der Waals surface area contributed by atoms with E-state index in [0.717, 1.165) is 44.5 Å². The average molecular weight is 455 g/mol. The molecular formula is C29H30N2OS. The number of anilines is 1. The molecule has 3 nitrogen and oxygen atoms in total. The fourth-order valence-electron chi connectivity index (χ4n) is 5.59. The van der Waals surface area contributed by atoms with Crippen LogP contribution in [-0.2, 0) is 0 Å². The fraction of sp³-hybridized carbons (Fsp3) is 0.310. The van der Waals surface area contributed by atoms with Gasteiger partial charge in [0.05, 0.1) is 6.10 Å². The normalized spacial score (nSPS) is 23.0. The molecule has 33 heavy (non-hydrogen) atoms. The predicted octanol–water partition coefficient (Wildman–Crippen LogP) is 6.39. The maximum atomic E-state index is 11.0. The molecule has 2 bridgehead atoms. The molecule has 0 amide bonds. The fourth-order valence-corrected chi connectivity index (χ4v) is 6.60. The van der Waals surface area contributed by atoms with Crippen LogP contribution in [0.5, 0.6) is 0 Å². The highest BCUT2D eigenvalue weighted by Crippen LogP contribution is 2.34. The molecule has 1 saturated heterocycles. The van der Waals surface area contributed by atoms with Gasteiger partial charge in [-0.2, -0.15) is 0 Å². The Labute approximate surface area is 199 Å². The van der Waals surface area contributed by atoms with Crippen molar-refractivity contribution in [2.75, 3.05) is 24.5 Å². The first-order chi connectivity index (χ1) is 16.3. The van der Waals surface area contributed by atoms with Crippen molar-refractivity contribution in [2.45, 2.75) is 37.5 Å². The second kappa shape index (κ2) is 8.94. The number of fused-ring (bicyclic) bond motifs is 6. The molecule has 1 aromatic heterocycles. The van der Waals surface area contributed by atoms with Gasteiger partial charge in [-0.25, -0.2) is 0 Å². The van der Waals surface area contributed by atoms with E-state index >= 15 is 0 Å². The quantitative estimate of drug-likeness (QED) is 0.354. The first-order valence-electron chi connectivity index (χ1n) is 12.0. The summed E-state index contributed by atoms with van der Waals surface area (Å²) in [4.78, 5) is 5.25. The zero-order chi connectivity index (χ0) is 22.2. The van der Waals surface area contributed by atoms with E-state index in [-0.39, 0.29) is 0 Å². The highest BCUT2D eigenvalue weighted by Gasteiger charge is 2.34. The Kier molecular flexibility index (Phi) is 5.67. The molecule has 4 heteroatoms. The SMILES string of the molecule is OC(CCN1C[C@@H]2C/C=C\CC1CN2c1ccc2ccccc2c1)c1csc2ccccc12. The molecule has 168 valence electrons. The van der Waals surface area contributed by atoms with Crippen LogP contribution in [-0.4, -0.2) is 41.7 Å². The minimum atomic E-state index is -0.405. The van der Waals surface area contributed by atoms with E-state index in [1.54, 1.807) is 11.3 Å². The summed E-state index contributed by atoms with van der Waals surface area (Å²) in [6, 6.07) is 24.9. The van der Waals surface area contributed by atoms with Gasteiger partial charge >= 0.3 is 0 Å². The Hall–Kier alpha value is -2.66. The van der Waals surface area contributed by atoms with Gasteiger partial charge in [0.1, 0.15) is 0 Å². The number of hydrogen-bond donors (Lipinski definition) is 1. The summed E-state index contributed by atoms with van der Waals surface area (Å²) in [7, 11) is 0. The maximum Gasteiger partial charge on any atom is 0.0816 e. The molecule has 7 rings (SSSR count). The Morgan fingerprint density at radius 1 is 0.879 bits per heavy atom. The molecule has 2 unspecified atom stereocenters. The van der Waals surface area contributed by atoms with E-state index in [1.165, 1.54) is 26.5 Å². The minimum absolute atomic E-state index is 0.405. The van der Waals surface area contributed by atoms with Gasteiger partial charge in [-0.3, -0.25) is 4.90 Å². The third-order valence-corrected chi connectivity index (χ3v) is 8.40. The van der Waals surface area contributed by atoms with Crippen molar-refractivity contribution in [3.05, 3.63) is 89.8 Å². The first kappa shape index (κ1) is 20.9. The molecule has 0 aliphatic carbocycles. The van der Waals surface area contributed by atoms with Crippen LogP contribution in [0.2, 0.25) is 0 Å². The standard InChI is InChI=1S/C29H30N2OS/c32-28(27-20-33-29-12-6-5-11-26(27)29)15-16-30-18-25-10-4-3-9-24(30)19-31(25)23-14-13-21-7-1-2-8-22(21)17-23/h1-8,11-14,17,20,24-25,28,32H,9-10,15-16,18-19H2/b4-3-/t24?,25-,28?/m0/s1. The lowest BCUT2D eigenvalue weighted by Crippen LogP contribution is -2.59. The summed E-state index contributed by atoms with van der Waals surface area (Å²) in [6.45, 7) is 3.04. The van der Waals surface area contributed by atoms with Crippen LogP contribution in [0.4, 0.5) is 5.69 Å². The molecular weight excluding hydrogens is 424 g/mol. The van der Waals surface area contributed by atoms with Gasteiger partial charge in [-0.1, -0.05) is 60.7 Å². The van der Waals surface area contributed by atoms with Gasteiger partial charge in [0.2, 0.25) is 0 Å². The zero-order valence-electron chi connectivity index (χ0n) is 18.8. The molecule has 0 radical (unpaired) electrons. The number of rotatable bonds is 5. The molecule has 1 fully saturated rings. The van der Waals surface area contributed by atoms with Crippen LogP contribution in [0.25, 0.3) is 20.9 Å². The number of aliphatic hydroxyl groups is 1. The lowest BCUT2D eigenvalue weighted by Gasteiger charge is -2.48. The van der Waals surface area contributed by atoms with E-state index < -0.39 is 6.10 Å². The monoisotopic (exact) mass is 454 g/mol. The van der Waals surface area contributed by atoms with Crippen LogP contribution in [0.3, 0.4) is 0 Å². The van der Waals surface area contributed by atoms with E-state index in [1.807, 2.05) is 0 Å². The van der Waals surface area contributed by atoms with Crippen LogP contribution in [0.15, 0.2) is 84.3 Å². The van der Waals surface area contributed by atoms with E-state index in [9.17, 15) is 5.11 Å². The Bertz CT molecular complexity index is 1300. The van der Waals surface area contributed by atoms with Gasteiger partial charge in [0.15, 0.2) is 0 Å². The molecule has 0 saturated carbocycles. The van der Waals surface area contributed by atoms with Gasteiger partial charge in [0.25, 0.3) is 0 Å². The van der Waals surface area contributed by atoms with Gasteiger partial charge < -0.3 is 10.0 Å². The summed E-state index contributed by atoms with van der Waals surface area (Å²) in [6.07, 6.45) is 7.27. The highest BCUT2D eigenvalue weighted by atomic mass is 32.1. The van der Waals surface area contributed by atoms with Crippen LogP contribution < -0.4 is 4.90 Å². The second-order valence-electron chi connectivity index (χ2n) is 9.42. The molecule has 3 aliphatic rings. The Morgan fingerprint density at radius 3 is 2.58 bits per heavy atom. The van der Waals surface area contributed by atoms with Crippen molar-refractivity contribution in [3.8, 4) is 0 Å². The minimum Gasteiger partial charge on any atom is -0.388 e. The third-order valence-electron chi connectivity index (χ3n) is 7.42. The zero-order valence-corrected chi connectivity index (χ0v) is 19.6. The van der Waals surface area contributed by atoms with Crippen molar-refractivity contribution in [2.24, 2.45) is 0 Å². The summed E-state index contributed by atoms with van der Waals surface area (Å²) >= 11 is 1.73. The summed E-state index contributed by atoms with van der Waals surface area (Å²) < 4.78 is 1.26. The lowest BCUT2D eigenvalue weighted by molar-refractivity contribution is 0.104. The first-order valence-corrected chi connectivity index (χ1v) is 12.9. The van der Waals surface area contributed by atoms with E-state index in [0.29, 0.717) is 12.1 Å². The van der Waals surface area contributed by atoms with Crippen LogP contribution in [0, 0.1) is 0 Å². The molecule has 3 aromatic carbocycles. The number of thiophene rings is 1. The Balaban J connectivity index is 1.19. The van der Waals surface area contributed by atoms with Crippen LogP contribution >= 0.6 is 11.3 Å². The average Bonchev–Trinajstić information content (AvgIpc) is 3.27. The third kappa shape index (κ3) is 4.08. The number of nitrogens with zero attached hydrogens (tertiary/aromatic N) is 2. The van der Waals surface area contributed by atoms with Gasteiger partial charge in [-0.05, 0) is 64.6 Å². The maximum absolute atomic E-state index is 11.0. The van der Waals surface area contributed by atoms with Crippen molar-refractivity contribution < 1.29 is 5.11 Å². The van der Waals surface area contributed by atoms with Crippen LogP contribution in [0.1, 0.15) is 30.9 Å². The van der Waals surface area contributed by atoms with Crippen molar-refractivity contribution in [3.63, 3.8) is 0 Å². The van der Waals surface area contributed by atoms with E-state index in [4.69, 9.17) is 0 Å². The number of benzene rings is 3. The van der Waals surface area contributed by atoms with Crippen molar-refractivity contribution in [1.82, 2.24) is 4.90 Å². The summed E-state index contributed by atoms with van der Waals surface area (Å²) in [5, 5.41) is 17.0. The molecule has 3 atom stereocenters. The Morgan fingerprint density at radius 2 is 1.67 bits per heavy atom. The van der Waals surface area contributed by atoms with Crippen molar-refractivity contribution in [1.29, 1.82) is 0 Å². The molecule has 4 aromatic rings. The largest absolute Gasteiger partial charge is 0.388 e. The summed E-state index contributed by atoms with van der Waals surface area (Å²) in [5.41, 5.74) is 2.42.